The van der Waals surface area contributed by atoms with Crippen molar-refractivity contribution in [3.63, 3.8) is 0 Å². The van der Waals surface area contributed by atoms with Crippen molar-refractivity contribution in [1.82, 2.24) is 15.1 Å². The molecule has 0 saturated heterocycles. The van der Waals surface area contributed by atoms with Gasteiger partial charge in [-0.1, -0.05) is 20.8 Å². The van der Waals surface area contributed by atoms with Crippen LogP contribution in [0, 0.1) is 11.7 Å². The van der Waals surface area contributed by atoms with Gasteiger partial charge >= 0.3 is 0 Å². The van der Waals surface area contributed by atoms with Gasteiger partial charge in [-0.05, 0) is 43.1 Å². The van der Waals surface area contributed by atoms with Crippen LogP contribution in [0.4, 0.5) is 4.39 Å². The van der Waals surface area contributed by atoms with E-state index in [1.54, 1.807) is 12.1 Å². The third-order valence-corrected chi connectivity index (χ3v) is 3.23. The lowest BCUT2D eigenvalue weighted by atomic mass is 10.2. The molecular formula is C16H22FN3. The summed E-state index contributed by atoms with van der Waals surface area (Å²) in [7, 11) is 0. The van der Waals surface area contributed by atoms with Crippen molar-refractivity contribution >= 4 is 0 Å². The fourth-order valence-corrected chi connectivity index (χ4v) is 2.23. The molecule has 1 aromatic carbocycles. The van der Waals surface area contributed by atoms with Gasteiger partial charge in [0, 0.05) is 17.8 Å². The normalized spacial score (nSPS) is 11.2. The van der Waals surface area contributed by atoms with E-state index < -0.39 is 0 Å². The Morgan fingerprint density at radius 1 is 1.25 bits per heavy atom. The van der Waals surface area contributed by atoms with Crippen LogP contribution < -0.4 is 5.32 Å². The molecule has 20 heavy (non-hydrogen) atoms. The third-order valence-electron chi connectivity index (χ3n) is 3.23. The number of nitrogens with one attached hydrogen (secondary N) is 1. The summed E-state index contributed by atoms with van der Waals surface area (Å²) in [6, 6.07) is 6.44. The molecule has 0 aliphatic rings. The molecule has 1 heterocycles. The Hall–Kier alpha value is -1.68. The van der Waals surface area contributed by atoms with E-state index in [1.807, 2.05) is 10.9 Å². The van der Waals surface area contributed by atoms with Crippen molar-refractivity contribution in [2.75, 3.05) is 6.54 Å². The molecule has 0 fully saturated rings. The van der Waals surface area contributed by atoms with Gasteiger partial charge in [0.1, 0.15) is 5.82 Å². The molecule has 0 amide bonds. The molecule has 2 aromatic rings. The van der Waals surface area contributed by atoms with Crippen LogP contribution in [0.2, 0.25) is 0 Å². The molecule has 0 aliphatic carbocycles. The molecule has 4 heteroatoms. The first-order chi connectivity index (χ1) is 9.61. The maximum absolute atomic E-state index is 13.0. The first kappa shape index (κ1) is 14.7. The van der Waals surface area contributed by atoms with Gasteiger partial charge in [0.05, 0.1) is 11.9 Å². The number of benzene rings is 1. The summed E-state index contributed by atoms with van der Waals surface area (Å²) in [5.74, 6) is 0.407. The predicted molar refractivity (Wildman–Crippen MR) is 79.4 cm³/mol. The second-order valence-corrected chi connectivity index (χ2v) is 5.38. The van der Waals surface area contributed by atoms with E-state index in [4.69, 9.17) is 0 Å². The number of aromatic nitrogens is 2. The molecule has 0 radical (unpaired) electrons. The Bertz CT molecular complexity index is 543. The molecule has 1 N–H and O–H groups in total. The van der Waals surface area contributed by atoms with E-state index in [9.17, 15) is 4.39 Å². The average Bonchev–Trinajstić information content (AvgIpc) is 2.82. The van der Waals surface area contributed by atoms with Gasteiger partial charge in [-0.15, -0.1) is 0 Å². The molecule has 108 valence electrons. The largest absolute Gasteiger partial charge is 0.312 e. The summed E-state index contributed by atoms with van der Waals surface area (Å²) in [5.41, 5.74) is 3.28. The van der Waals surface area contributed by atoms with E-state index in [-0.39, 0.29) is 5.82 Å². The highest BCUT2D eigenvalue weighted by Gasteiger charge is 2.10. The van der Waals surface area contributed by atoms with Crippen molar-refractivity contribution in [3.8, 4) is 5.69 Å². The quantitative estimate of drug-likeness (QED) is 0.876. The topological polar surface area (TPSA) is 29.9 Å². The Balaban J connectivity index is 2.18. The molecule has 1 aromatic heterocycles. The van der Waals surface area contributed by atoms with Crippen LogP contribution in [0.1, 0.15) is 32.0 Å². The number of nitrogens with zero attached hydrogens (tertiary/aromatic N) is 2. The van der Waals surface area contributed by atoms with Crippen molar-refractivity contribution in [1.29, 1.82) is 0 Å². The van der Waals surface area contributed by atoms with E-state index in [0.717, 1.165) is 25.2 Å². The van der Waals surface area contributed by atoms with Crippen molar-refractivity contribution in [2.45, 2.75) is 33.7 Å². The van der Waals surface area contributed by atoms with Crippen LogP contribution in [-0.2, 0) is 13.0 Å². The zero-order chi connectivity index (χ0) is 14.5. The van der Waals surface area contributed by atoms with Gasteiger partial charge in [-0.3, -0.25) is 0 Å². The highest BCUT2D eigenvalue weighted by molar-refractivity contribution is 5.35. The standard InChI is InChI=1S/C16H22FN3/c1-4-16-13(10-18-9-12(2)3)11-19-20(16)15-7-5-14(17)6-8-15/h5-8,11-12,18H,4,9-10H2,1-3H3. The second kappa shape index (κ2) is 6.66. The van der Waals surface area contributed by atoms with Gasteiger partial charge in [0.25, 0.3) is 0 Å². The minimum atomic E-state index is -0.224. The van der Waals surface area contributed by atoms with Gasteiger partial charge in [-0.25, -0.2) is 9.07 Å². The van der Waals surface area contributed by atoms with E-state index >= 15 is 0 Å². The summed E-state index contributed by atoms with van der Waals surface area (Å²) in [5, 5.41) is 7.88. The molecule has 0 unspecified atom stereocenters. The summed E-state index contributed by atoms with van der Waals surface area (Å²) < 4.78 is 14.9. The summed E-state index contributed by atoms with van der Waals surface area (Å²) in [6.07, 6.45) is 2.80. The van der Waals surface area contributed by atoms with E-state index in [0.29, 0.717) is 5.92 Å². The van der Waals surface area contributed by atoms with Crippen molar-refractivity contribution < 1.29 is 4.39 Å². The summed E-state index contributed by atoms with van der Waals surface area (Å²) in [4.78, 5) is 0. The Morgan fingerprint density at radius 3 is 2.55 bits per heavy atom. The number of halogens is 1. The molecule has 0 bridgehead atoms. The zero-order valence-electron chi connectivity index (χ0n) is 12.4. The molecule has 0 spiro atoms. The molecule has 0 atom stereocenters. The summed E-state index contributed by atoms with van der Waals surface area (Å²) >= 11 is 0. The molecule has 0 saturated carbocycles. The highest BCUT2D eigenvalue weighted by atomic mass is 19.1. The fraction of sp³-hybridized carbons (Fsp3) is 0.438. The van der Waals surface area contributed by atoms with Gasteiger partial charge in [-0.2, -0.15) is 5.10 Å². The lowest BCUT2D eigenvalue weighted by Gasteiger charge is -2.10. The minimum Gasteiger partial charge on any atom is -0.312 e. The van der Waals surface area contributed by atoms with Gasteiger partial charge in [0.15, 0.2) is 0 Å². The lowest BCUT2D eigenvalue weighted by Crippen LogP contribution is -2.19. The first-order valence-corrected chi connectivity index (χ1v) is 7.14. The van der Waals surface area contributed by atoms with Gasteiger partial charge in [0.2, 0.25) is 0 Å². The van der Waals surface area contributed by atoms with Crippen LogP contribution in [-0.4, -0.2) is 16.3 Å². The van der Waals surface area contributed by atoms with Gasteiger partial charge < -0.3 is 5.32 Å². The monoisotopic (exact) mass is 275 g/mol. The molecule has 0 aliphatic heterocycles. The fourth-order valence-electron chi connectivity index (χ4n) is 2.23. The number of hydrogen-bond acceptors (Lipinski definition) is 2. The number of hydrogen-bond donors (Lipinski definition) is 1. The number of rotatable bonds is 6. The third kappa shape index (κ3) is 3.45. The second-order valence-electron chi connectivity index (χ2n) is 5.38. The van der Waals surface area contributed by atoms with Crippen molar-refractivity contribution in [2.24, 2.45) is 5.92 Å². The van der Waals surface area contributed by atoms with Crippen LogP contribution in [0.25, 0.3) is 5.69 Å². The Kier molecular flexibility index (Phi) is 4.90. The Morgan fingerprint density at radius 2 is 1.95 bits per heavy atom. The van der Waals surface area contributed by atoms with Crippen molar-refractivity contribution in [3.05, 3.63) is 47.5 Å². The van der Waals surface area contributed by atoms with Crippen LogP contribution in [0.15, 0.2) is 30.5 Å². The van der Waals surface area contributed by atoms with E-state index in [1.165, 1.54) is 23.4 Å². The van der Waals surface area contributed by atoms with Crippen LogP contribution >= 0.6 is 0 Å². The maximum atomic E-state index is 13.0. The van der Waals surface area contributed by atoms with Crippen LogP contribution in [0.5, 0.6) is 0 Å². The summed E-state index contributed by atoms with van der Waals surface area (Å²) in [6.45, 7) is 8.31. The predicted octanol–water partition coefficient (Wildman–Crippen LogP) is 3.32. The zero-order valence-corrected chi connectivity index (χ0v) is 12.4. The maximum Gasteiger partial charge on any atom is 0.123 e. The lowest BCUT2D eigenvalue weighted by molar-refractivity contribution is 0.551. The minimum absolute atomic E-state index is 0.224. The van der Waals surface area contributed by atoms with E-state index in [2.05, 4.69) is 31.2 Å². The molecule has 2 rings (SSSR count). The average molecular weight is 275 g/mol. The molecular weight excluding hydrogens is 253 g/mol. The SMILES string of the molecule is CCc1c(CNCC(C)C)cnn1-c1ccc(F)cc1. The Labute approximate surface area is 119 Å². The van der Waals surface area contributed by atoms with Crippen LogP contribution in [0.3, 0.4) is 0 Å². The first-order valence-electron chi connectivity index (χ1n) is 7.14. The smallest absolute Gasteiger partial charge is 0.123 e. The molecule has 3 nitrogen and oxygen atoms in total. The highest BCUT2D eigenvalue weighted by Crippen LogP contribution is 2.16.